The number of hydrogen-bond acceptors (Lipinski definition) is 2. The second-order valence-electron chi connectivity index (χ2n) is 11.2. The minimum atomic E-state index is 0.915. The molecule has 0 radical (unpaired) electrons. The van der Waals surface area contributed by atoms with Crippen LogP contribution < -0.4 is 0 Å². The first kappa shape index (κ1) is 24.6. The molecule has 2 heterocycles. The van der Waals surface area contributed by atoms with Gasteiger partial charge in [0.05, 0.1) is 11.0 Å². The normalized spacial score (nSPS) is 11.6. The molecular formula is C41H26N2O. The molecule has 7 aromatic carbocycles. The quantitative estimate of drug-likeness (QED) is 0.214. The second kappa shape index (κ2) is 9.82. The Bertz CT molecular complexity index is 2470. The van der Waals surface area contributed by atoms with Crippen molar-refractivity contribution < 1.29 is 4.42 Å². The van der Waals surface area contributed by atoms with Gasteiger partial charge in [-0.1, -0.05) is 115 Å². The van der Waals surface area contributed by atoms with Crippen LogP contribution >= 0.6 is 0 Å². The SMILES string of the molecule is c1ccc(-c2nc3ccccc3n2-c2ccc(-c3ccc(-c4ccc5oc6c7ccccc7ccc6c5c4)cc3)cc2)cc1. The number of imidazole rings is 1. The topological polar surface area (TPSA) is 31.0 Å². The van der Waals surface area contributed by atoms with Crippen molar-refractivity contribution in [2.24, 2.45) is 0 Å². The smallest absolute Gasteiger partial charge is 0.145 e. The summed E-state index contributed by atoms with van der Waals surface area (Å²) in [5.41, 5.74) is 10.8. The van der Waals surface area contributed by atoms with Crippen LogP contribution in [0.15, 0.2) is 162 Å². The summed E-state index contributed by atoms with van der Waals surface area (Å²) in [5, 5.41) is 4.64. The third-order valence-electron chi connectivity index (χ3n) is 8.63. The number of furan rings is 1. The Morgan fingerprint density at radius 1 is 0.455 bits per heavy atom. The fourth-order valence-electron chi connectivity index (χ4n) is 6.41. The first-order valence-electron chi connectivity index (χ1n) is 14.9. The molecule has 0 amide bonds. The van der Waals surface area contributed by atoms with Crippen molar-refractivity contribution in [2.75, 3.05) is 0 Å². The first-order valence-corrected chi connectivity index (χ1v) is 14.9. The highest BCUT2D eigenvalue weighted by Crippen LogP contribution is 2.37. The second-order valence-corrected chi connectivity index (χ2v) is 11.2. The number of aromatic nitrogens is 2. The molecule has 0 aliphatic rings. The van der Waals surface area contributed by atoms with E-state index in [0.717, 1.165) is 55.4 Å². The molecule has 3 nitrogen and oxygen atoms in total. The maximum Gasteiger partial charge on any atom is 0.145 e. The minimum absolute atomic E-state index is 0.915. The van der Waals surface area contributed by atoms with Gasteiger partial charge in [-0.15, -0.1) is 0 Å². The van der Waals surface area contributed by atoms with Crippen LogP contribution in [0, 0.1) is 0 Å². The molecule has 0 aliphatic heterocycles. The van der Waals surface area contributed by atoms with Gasteiger partial charge in [0.1, 0.15) is 17.0 Å². The summed E-state index contributed by atoms with van der Waals surface area (Å²) in [6.45, 7) is 0. The largest absolute Gasteiger partial charge is 0.455 e. The number of rotatable bonds is 4. The minimum Gasteiger partial charge on any atom is -0.455 e. The Morgan fingerprint density at radius 2 is 1.11 bits per heavy atom. The van der Waals surface area contributed by atoms with Crippen LogP contribution in [-0.2, 0) is 0 Å². The molecule has 0 fully saturated rings. The molecule has 0 aliphatic carbocycles. The van der Waals surface area contributed by atoms with Crippen molar-refractivity contribution >= 4 is 43.7 Å². The van der Waals surface area contributed by atoms with Crippen molar-refractivity contribution in [2.45, 2.75) is 0 Å². The van der Waals surface area contributed by atoms with Crippen molar-refractivity contribution in [3.63, 3.8) is 0 Å². The van der Waals surface area contributed by atoms with Gasteiger partial charge in [0, 0.05) is 27.4 Å². The summed E-state index contributed by atoms with van der Waals surface area (Å²) in [5.74, 6) is 0.944. The lowest BCUT2D eigenvalue weighted by Crippen LogP contribution is -1.97. The Morgan fingerprint density at radius 3 is 1.93 bits per heavy atom. The zero-order chi connectivity index (χ0) is 29.0. The van der Waals surface area contributed by atoms with Gasteiger partial charge in [0.2, 0.25) is 0 Å². The predicted molar refractivity (Wildman–Crippen MR) is 182 cm³/mol. The van der Waals surface area contributed by atoms with E-state index < -0.39 is 0 Å². The van der Waals surface area contributed by atoms with Gasteiger partial charge >= 0.3 is 0 Å². The molecule has 0 saturated carbocycles. The molecule has 44 heavy (non-hydrogen) atoms. The molecule has 2 aromatic heterocycles. The van der Waals surface area contributed by atoms with Crippen LogP contribution in [0.3, 0.4) is 0 Å². The molecular weight excluding hydrogens is 536 g/mol. The van der Waals surface area contributed by atoms with Crippen molar-refractivity contribution in [3.8, 4) is 39.3 Å². The van der Waals surface area contributed by atoms with Crippen LogP contribution in [-0.4, -0.2) is 9.55 Å². The number of hydrogen-bond donors (Lipinski definition) is 0. The van der Waals surface area contributed by atoms with Crippen LogP contribution in [0.4, 0.5) is 0 Å². The molecule has 0 unspecified atom stereocenters. The van der Waals surface area contributed by atoms with Gasteiger partial charge in [0.15, 0.2) is 0 Å². The van der Waals surface area contributed by atoms with E-state index in [1.54, 1.807) is 0 Å². The zero-order valence-electron chi connectivity index (χ0n) is 23.8. The van der Waals surface area contributed by atoms with Crippen molar-refractivity contribution in [1.29, 1.82) is 0 Å². The van der Waals surface area contributed by atoms with Gasteiger partial charge in [-0.25, -0.2) is 4.98 Å². The Labute approximate surface area is 254 Å². The molecule has 9 aromatic rings. The van der Waals surface area contributed by atoms with Crippen molar-refractivity contribution in [3.05, 3.63) is 158 Å². The monoisotopic (exact) mass is 562 g/mol. The van der Waals surface area contributed by atoms with Crippen LogP contribution in [0.25, 0.3) is 83.1 Å². The molecule has 0 saturated heterocycles. The van der Waals surface area contributed by atoms with Crippen LogP contribution in [0.5, 0.6) is 0 Å². The van der Waals surface area contributed by atoms with Gasteiger partial charge in [0.25, 0.3) is 0 Å². The molecule has 9 rings (SSSR count). The average Bonchev–Trinajstić information content (AvgIpc) is 3.68. The van der Waals surface area contributed by atoms with Gasteiger partial charge in [-0.05, 0) is 70.1 Å². The standard InChI is InChI=1S/C41H26N2O/c1-2-9-31(10-3-1)41-42-37-12-6-7-13-38(37)43(41)33-22-18-28(19-23-33)27-14-16-29(17-15-27)32-21-25-39-36(26-32)35-24-20-30-8-4-5-11-34(30)40(35)44-39/h1-26H. The highest BCUT2D eigenvalue weighted by Gasteiger charge is 2.15. The first-order chi connectivity index (χ1) is 21.8. The summed E-state index contributed by atoms with van der Waals surface area (Å²) in [6, 6.07) is 55.5. The highest BCUT2D eigenvalue weighted by atomic mass is 16.3. The fraction of sp³-hybridized carbons (Fsp3) is 0. The summed E-state index contributed by atoms with van der Waals surface area (Å²) in [6.07, 6.45) is 0. The number of para-hydroxylation sites is 2. The Hall–Kier alpha value is -5.93. The van der Waals surface area contributed by atoms with Gasteiger partial charge in [-0.2, -0.15) is 0 Å². The van der Waals surface area contributed by atoms with Crippen molar-refractivity contribution in [1.82, 2.24) is 9.55 Å². The van der Waals surface area contributed by atoms with E-state index in [1.807, 2.05) is 12.1 Å². The summed E-state index contributed by atoms with van der Waals surface area (Å²) in [4.78, 5) is 4.98. The summed E-state index contributed by atoms with van der Waals surface area (Å²) in [7, 11) is 0. The van der Waals surface area contributed by atoms with Gasteiger partial charge in [-0.3, -0.25) is 4.57 Å². The third-order valence-corrected chi connectivity index (χ3v) is 8.63. The van der Waals surface area contributed by atoms with E-state index in [0.29, 0.717) is 0 Å². The van der Waals surface area contributed by atoms with Crippen LogP contribution in [0.2, 0.25) is 0 Å². The lowest BCUT2D eigenvalue weighted by atomic mass is 9.98. The summed E-state index contributed by atoms with van der Waals surface area (Å²) >= 11 is 0. The number of nitrogens with zero attached hydrogens (tertiary/aromatic N) is 2. The lowest BCUT2D eigenvalue weighted by molar-refractivity contribution is 0.672. The fourth-order valence-corrected chi connectivity index (χ4v) is 6.41. The molecule has 0 spiro atoms. The maximum absolute atomic E-state index is 6.32. The Kier molecular flexibility index (Phi) is 5.50. The van der Waals surface area contributed by atoms with Crippen LogP contribution in [0.1, 0.15) is 0 Å². The molecule has 3 heteroatoms. The Balaban J connectivity index is 1.05. The van der Waals surface area contributed by atoms with E-state index >= 15 is 0 Å². The molecule has 206 valence electrons. The lowest BCUT2D eigenvalue weighted by Gasteiger charge is -2.11. The van der Waals surface area contributed by atoms with Gasteiger partial charge < -0.3 is 4.42 Å². The predicted octanol–water partition coefficient (Wildman–Crippen LogP) is 11.1. The van der Waals surface area contributed by atoms with E-state index in [4.69, 9.17) is 9.40 Å². The van der Waals surface area contributed by atoms with E-state index in [-0.39, 0.29) is 0 Å². The third kappa shape index (κ3) is 3.94. The number of benzene rings is 7. The average molecular weight is 563 g/mol. The van der Waals surface area contributed by atoms with E-state index in [9.17, 15) is 0 Å². The maximum atomic E-state index is 6.32. The van der Waals surface area contributed by atoms with E-state index in [1.165, 1.54) is 27.6 Å². The van der Waals surface area contributed by atoms with E-state index in [2.05, 4.69) is 150 Å². The molecule has 0 atom stereocenters. The molecule has 0 bridgehead atoms. The number of fused-ring (bicyclic) bond motifs is 6. The summed E-state index contributed by atoms with van der Waals surface area (Å²) < 4.78 is 8.57. The molecule has 0 N–H and O–H groups in total. The highest BCUT2D eigenvalue weighted by molar-refractivity contribution is 6.15. The zero-order valence-corrected chi connectivity index (χ0v) is 23.8.